The lowest BCUT2D eigenvalue weighted by Gasteiger charge is -2.12. The van der Waals surface area contributed by atoms with Gasteiger partial charge >= 0.3 is 5.97 Å². The summed E-state index contributed by atoms with van der Waals surface area (Å²) < 4.78 is 15.4. The zero-order chi connectivity index (χ0) is 19.2. The number of fused-ring (bicyclic) bond motifs is 1. The third kappa shape index (κ3) is 4.64. The Bertz CT molecular complexity index is 870. The number of ether oxygens (including phenoxy) is 3. The molecule has 8 nitrogen and oxygen atoms in total. The minimum atomic E-state index is -0.388. The fraction of sp³-hybridized carbons (Fsp3) is 0.167. The van der Waals surface area contributed by atoms with Crippen molar-refractivity contribution >= 4 is 34.9 Å². The quantitative estimate of drug-likeness (QED) is 0.417. The summed E-state index contributed by atoms with van der Waals surface area (Å²) in [5.74, 6) is 0.351. The van der Waals surface area contributed by atoms with Crippen molar-refractivity contribution in [1.29, 1.82) is 0 Å². The van der Waals surface area contributed by atoms with Gasteiger partial charge in [0, 0.05) is 11.3 Å². The Hall–Kier alpha value is -3.33. The van der Waals surface area contributed by atoms with E-state index in [1.54, 1.807) is 49.4 Å². The highest BCUT2D eigenvalue weighted by Gasteiger charge is 2.16. The summed E-state index contributed by atoms with van der Waals surface area (Å²) >= 11 is 5.14. The van der Waals surface area contributed by atoms with E-state index >= 15 is 0 Å². The molecule has 0 bridgehead atoms. The van der Waals surface area contributed by atoms with Crippen molar-refractivity contribution in [2.75, 3.05) is 18.7 Å². The number of carbonyl (C=O) groups excluding carboxylic acids is 2. The minimum absolute atomic E-state index is 0.140. The maximum atomic E-state index is 12.2. The van der Waals surface area contributed by atoms with Crippen molar-refractivity contribution in [3.05, 3.63) is 53.6 Å². The molecule has 0 radical (unpaired) electrons. The van der Waals surface area contributed by atoms with Gasteiger partial charge in [-0.3, -0.25) is 15.6 Å². The number of hydrogen-bond donors (Lipinski definition) is 3. The van der Waals surface area contributed by atoms with Crippen LogP contribution in [0.25, 0.3) is 0 Å². The molecule has 1 amide bonds. The third-order valence-electron chi connectivity index (χ3n) is 3.58. The number of benzene rings is 2. The standard InChI is InChI=1S/C18H17N3O5S/c1-2-24-17(23)11-3-6-13(7-4-11)19-18(27)21-20-16(22)12-5-8-14-15(9-12)26-10-25-14/h3-9H,2,10H2,1H3,(H,20,22)(H2,19,21,27). The molecule has 2 aromatic carbocycles. The first-order chi connectivity index (χ1) is 13.1. The number of hydrogen-bond acceptors (Lipinski definition) is 6. The molecule has 9 heteroatoms. The molecule has 3 N–H and O–H groups in total. The van der Waals surface area contributed by atoms with Gasteiger partial charge in [0.15, 0.2) is 16.6 Å². The highest BCUT2D eigenvalue weighted by molar-refractivity contribution is 7.80. The highest BCUT2D eigenvalue weighted by atomic mass is 32.1. The number of carbonyl (C=O) groups is 2. The Morgan fingerprint density at radius 2 is 1.74 bits per heavy atom. The average molecular weight is 387 g/mol. The van der Waals surface area contributed by atoms with E-state index in [0.717, 1.165) is 0 Å². The van der Waals surface area contributed by atoms with E-state index in [2.05, 4.69) is 16.2 Å². The van der Waals surface area contributed by atoms with E-state index in [9.17, 15) is 9.59 Å². The topological polar surface area (TPSA) is 97.9 Å². The fourth-order valence-electron chi connectivity index (χ4n) is 2.29. The number of anilines is 1. The van der Waals surface area contributed by atoms with Crippen LogP contribution < -0.4 is 25.6 Å². The molecule has 0 atom stereocenters. The normalized spacial score (nSPS) is 11.4. The molecular formula is C18H17N3O5S. The largest absolute Gasteiger partial charge is 0.462 e. The summed E-state index contributed by atoms with van der Waals surface area (Å²) in [5.41, 5.74) is 6.59. The lowest BCUT2D eigenvalue weighted by atomic mass is 10.2. The zero-order valence-corrected chi connectivity index (χ0v) is 15.2. The number of thiocarbonyl (C=S) groups is 1. The van der Waals surface area contributed by atoms with Crippen LogP contribution in [0.5, 0.6) is 11.5 Å². The van der Waals surface area contributed by atoms with Gasteiger partial charge in [-0.15, -0.1) is 0 Å². The van der Waals surface area contributed by atoms with Crippen molar-refractivity contribution in [3.63, 3.8) is 0 Å². The van der Waals surface area contributed by atoms with E-state index in [-0.39, 0.29) is 23.8 Å². The molecule has 2 aromatic rings. The van der Waals surface area contributed by atoms with Crippen LogP contribution in [0, 0.1) is 0 Å². The summed E-state index contributed by atoms with van der Waals surface area (Å²) in [6.45, 7) is 2.20. The molecule has 1 aliphatic rings. The van der Waals surface area contributed by atoms with Gasteiger partial charge in [-0.1, -0.05) is 0 Å². The minimum Gasteiger partial charge on any atom is -0.462 e. The summed E-state index contributed by atoms with van der Waals surface area (Å²) in [6.07, 6.45) is 0. The van der Waals surface area contributed by atoms with E-state index < -0.39 is 0 Å². The number of rotatable bonds is 4. The summed E-state index contributed by atoms with van der Waals surface area (Å²) in [7, 11) is 0. The SMILES string of the molecule is CCOC(=O)c1ccc(NC(=S)NNC(=O)c2ccc3c(c2)OCO3)cc1. The predicted molar refractivity (Wildman–Crippen MR) is 102 cm³/mol. The monoisotopic (exact) mass is 387 g/mol. The van der Waals surface area contributed by atoms with Gasteiger partial charge in [0.1, 0.15) is 0 Å². The zero-order valence-electron chi connectivity index (χ0n) is 14.4. The first kappa shape index (κ1) is 18.5. The summed E-state index contributed by atoms with van der Waals surface area (Å²) in [6, 6.07) is 11.5. The van der Waals surface area contributed by atoms with Crippen LogP contribution in [0.2, 0.25) is 0 Å². The van der Waals surface area contributed by atoms with E-state index in [1.807, 2.05) is 0 Å². The second-order valence-electron chi connectivity index (χ2n) is 5.40. The molecule has 0 saturated heterocycles. The van der Waals surface area contributed by atoms with Crippen LogP contribution in [0.3, 0.4) is 0 Å². The van der Waals surface area contributed by atoms with Gasteiger partial charge in [-0.25, -0.2) is 4.79 Å². The van der Waals surface area contributed by atoms with Crippen LogP contribution in [-0.2, 0) is 4.74 Å². The van der Waals surface area contributed by atoms with Crippen molar-refractivity contribution < 1.29 is 23.8 Å². The van der Waals surface area contributed by atoms with Crippen LogP contribution in [0.1, 0.15) is 27.6 Å². The Morgan fingerprint density at radius 3 is 2.48 bits per heavy atom. The highest BCUT2D eigenvalue weighted by Crippen LogP contribution is 2.32. The number of amides is 1. The number of esters is 1. The summed E-state index contributed by atoms with van der Waals surface area (Å²) in [5, 5.41) is 3.09. The van der Waals surface area contributed by atoms with Crippen molar-refractivity contribution in [2.24, 2.45) is 0 Å². The van der Waals surface area contributed by atoms with E-state index in [4.69, 9.17) is 26.4 Å². The molecule has 0 unspecified atom stereocenters. The van der Waals surface area contributed by atoms with E-state index in [0.29, 0.717) is 34.9 Å². The molecule has 1 heterocycles. The molecule has 0 saturated carbocycles. The van der Waals surface area contributed by atoms with Crippen LogP contribution in [0.4, 0.5) is 5.69 Å². The van der Waals surface area contributed by atoms with E-state index in [1.165, 1.54) is 0 Å². The van der Waals surface area contributed by atoms with Gasteiger partial charge in [0.25, 0.3) is 5.91 Å². The smallest absolute Gasteiger partial charge is 0.338 e. The molecule has 1 aliphatic heterocycles. The lowest BCUT2D eigenvalue weighted by Crippen LogP contribution is -2.43. The van der Waals surface area contributed by atoms with Crippen LogP contribution in [0.15, 0.2) is 42.5 Å². The third-order valence-corrected chi connectivity index (χ3v) is 3.78. The Balaban J connectivity index is 1.50. The molecule has 0 aromatic heterocycles. The second-order valence-corrected chi connectivity index (χ2v) is 5.81. The maximum absolute atomic E-state index is 12.2. The van der Waals surface area contributed by atoms with Crippen molar-refractivity contribution in [1.82, 2.24) is 10.9 Å². The van der Waals surface area contributed by atoms with Crippen LogP contribution in [-0.4, -0.2) is 30.4 Å². The Labute approximate surface area is 160 Å². The second kappa shape index (κ2) is 8.37. The average Bonchev–Trinajstić information content (AvgIpc) is 3.14. The fourth-order valence-corrected chi connectivity index (χ4v) is 2.46. The van der Waals surface area contributed by atoms with Crippen molar-refractivity contribution in [3.8, 4) is 11.5 Å². The van der Waals surface area contributed by atoms with Gasteiger partial charge in [0.05, 0.1) is 12.2 Å². The first-order valence-corrected chi connectivity index (χ1v) is 8.52. The molecule has 0 aliphatic carbocycles. The molecule has 0 fully saturated rings. The van der Waals surface area contributed by atoms with Crippen molar-refractivity contribution in [2.45, 2.75) is 6.92 Å². The Kier molecular flexibility index (Phi) is 5.72. The molecule has 140 valence electrons. The maximum Gasteiger partial charge on any atom is 0.338 e. The molecule has 3 rings (SSSR count). The van der Waals surface area contributed by atoms with Gasteiger partial charge in [0.2, 0.25) is 6.79 Å². The van der Waals surface area contributed by atoms with Gasteiger partial charge < -0.3 is 19.5 Å². The van der Waals surface area contributed by atoms with Gasteiger partial charge in [-0.05, 0) is 61.6 Å². The van der Waals surface area contributed by atoms with Crippen LogP contribution >= 0.6 is 12.2 Å². The van der Waals surface area contributed by atoms with Gasteiger partial charge in [-0.2, -0.15) is 0 Å². The number of hydrazine groups is 1. The first-order valence-electron chi connectivity index (χ1n) is 8.11. The number of nitrogens with one attached hydrogen (secondary N) is 3. The molecule has 0 spiro atoms. The molecule has 27 heavy (non-hydrogen) atoms. The lowest BCUT2D eigenvalue weighted by molar-refractivity contribution is 0.0526. The summed E-state index contributed by atoms with van der Waals surface area (Å²) in [4.78, 5) is 23.8. The predicted octanol–water partition coefficient (Wildman–Crippen LogP) is 2.22. The molecular weight excluding hydrogens is 370 g/mol. The Morgan fingerprint density at radius 1 is 1.04 bits per heavy atom.